The van der Waals surface area contributed by atoms with E-state index < -0.39 is 6.10 Å². The number of nitrogens with two attached hydrogens (primary N) is 1. The highest BCUT2D eigenvalue weighted by Crippen LogP contribution is 2.28. The van der Waals surface area contributed by atoms with E-state index in [0.29, 0.717) is 17.2 Å². The Morgan fingerprint density at radius 3 is 2.95 bits per heavy atom. The predicted octanol–water partition coefficient (Wildman–Crippen LogP) is 2.55. The molecule has 2 aromatic rings. The lowest BCUT2D eigenvalue weighted by Gasteiger charge is -2.14. The Morgan fingerprint density at radius 1 is 1.42 bits per heavy atom. The van der Waals surface area contributed by atoms with E-state index in [0.717, 1.165) is 11.1 Å². The molecule has 1 aromatic carbocycles. The lowest BCUT2D eigenvalue weighted by molar-refractivity contribution is 0.184. The highest BCUT2D eigenvalue weighted by Gasteiger charge is 2.15. The van der Waals surface area contributed by atoms with Crippen LogP contribution in [0.3, 0.4) is 0 Å². The molecular formula is C14H15ClN2O2. The number of rotatable bonds is 4. The van der Waals surface area contributed by atoms with E-state index in [1.807, 2.05) is 24.3 Å². The smallest absolute Gasteiger partial charge is 0.129 e. The molecule has 1 unspecified atom stereocenters. The zero-order chi connectivity index (χ0) is 13.8. The summed E-state index contributed by atoms with van der Waals surface area (Å²) in [5.74, 6) is 0.272. The van der Waals surface area contributed by atoms with Gasteiger partial charge in [0.15, 0.2) is 0 Å². The number of nitrogens with zero attached hydrogens (tertiary/aromatic N) is 1. The van der Waals surface area contributed by atoms with Gasteiger partial charge in [-0.25, -0.2) is 4.98 Å². The van der Waals surface area contributed by atoms with Crippen molar-refractivity contribution in [2.45, 2.75) is 12.7 Å². The second kappa shape index (κ2) is 6.02. The van der Waals surface area contributed by atoms with Crippen LogP contribution in [0.5, 0.6) is 0 Å². The predicted molar refractivity (Wildman–Crippen MR) is 74.9 cm³/mol. The maximum absolute atomic E-state index is 10.4. The number of aliphatic hydroxyl groups excluding tert-OH is 1. The van der Waals surface area contributed by atoms with Crippen LogP contribution >= 0.6 is 11.6 Å². The Kier molecular flexibility index (Phi) is 4.37. The first-order valence-electron chi connectivity index (χ1n) is 5.78. The minimum absolute atomic E-state index is 0.272. The molecular weight excluding hydrogens is 264 g/mol. The molecule has 4 nitrogen and oxygen atoms in total. The Morgan fingerprint density at radius 2 is 2.21 bits per heavy atom. The summed E-state index contributed by atoms with van der Waals surface area (Å²) in [4.78, 5) is 3.95. The van der Waals surface area contributed by atoms with E-state index >= 15 is 0 Å². The van der Waals surface area contributed by atoms with Crippen LogP contribution in [0, 0.1) is 0 Å². The van der Waals surface area contributed by atoms with Gasteiger partial charge in [-0.15, -0.1) is 0 Å². The average Bonchev–Trinajstić information content (AvgIpc) is 2.41. The number of aromatic nitrogens is 1. The summed E-state index contributed by atoms with van der Waals surface area (Å²) in [7, 11) is 1.63. The molecule has 0 spiro atoms. The number of hydrogen-bond donors (Lipinski definition) is 2. The van der Waals surface area contributed by atoms with Gasteiger partial charge in [0.25, 0.3) is 0 Å². The van der Waals surface area contributed by atoms with Crippen LogP contribution in [0.4, 0.5) is 5.82 Å². The second-order valence-corrected chi connectivity index (χ2v) is 4.65. The maximum Gasteiger partial charge on any atom is 0.129 e. The molecule has 0 fully saturated rings. The molecule has 0 bridgehead atoms. The Bertz CT molecular complexity index is 575. The number of benzene rings is 1. The van der Waals surface area contributed by atoms with Crippen LogP contribution in [-0.2, 0) is 11.3 Å². The summed E-state index contributed by atoms with van der Waals surface area (Å²) in [6.45, 7) is 0.490. The zero-order valence-corrected chi connectivity index (χ0v) is 11.3. The fourth-order valence-electron chi connectivity index (χ4n) is 1.88. The Hall–Kier alpha value is -1.62. The molecule has 1 atom stereocenters. The van der Waals surface area contributed by atoms with Crippen molar-refractivity contribution in [3.8, 4) is 0 Å². The SMILES string of the molecule is COCc1cccc(C(O)c2cc(Cl)cnc2N)c1. The first kappa shape index (κ1) is 13.8. The van der Waals surface area contributed by atoms with Gasteiger partial charge in [-0.1, -0.05) is 35.9 Å². The molecule has 100 valence electrons. The van der Waals surface area contributed by atoms with Crippen molar-refractivity contribution >= 4 is 17.4 Å². The highest BCUT2D eigenvalue weighted by atomic mass is 35.5. The summed E-state index contributed by atoms with van der Waals surface area (Å²) in [6.07, 6.45) is 0.595. The van der Waals surface area contributed by atoms with Gasteiger partial charge in [0.2, 0.25) is 0 Å². The van der Waals surface area contributed by atoms with Crippen LogP contribution in [0.25, 0.3) is 0 Å². The third kappa shape index (κ3) is 3.23. The molecule has 0 saturated carbocycles. The molecule has 1 aromatic heterocycles. The molecule has 0 aliphatic heterocycles. The number of methoxy groups -OCH3 is 1. The summed E-state index contributed by atoms with van der Waals surface area (Å²) in [5.41, 5.74) is 7.98. The van der Waals surface area contributed by atoms with Gasteiger partial charge in [0, 0.05) is 18.9 Å². The molecule has 5 heteroatoms. The number of hydrogen-bond acceptors (Lipinski definition) is 4. The summed E-state index contributed by atoms with van der Waals surface area (Å²) in [6, 6.07) is 9.11. The van der Waals surface area contributed by atoms with Crippen LogP contribution in [-0.4, -0.2) is 17.2 Å². The topological polar surface area (TPSA) is 68.4 Å². The van der Waals surface area contributed by atoms with Crippen LogP contribution in [0.1, 0.15) is 22.8 Å². The van der Waals surface area contributed by atoms with Crippen molar-refractivity contribution in [1.29, 1.82) is 0 Å². The van der Waals surface area contributed by atoms with Crippen molar-refractivity contribution in [3.05, 3.63) is 58.2 Å². The third-order valence-corrected chi connectivity index (χ3v) is 3.00. The fraction of sp³-hybridized carbons (Fsp3) is 0.214. The number of ether oxygens (including phenoxy) is 1. The normalized spacial score (nSPS) is 12.4. The van der Waals surface area contributed by atoms with Crippen molar-refractivity contribution < 1.29 is 9.84 Å². The Balaban J connectivity index is 2.35. The largest absolute Gasteiger partial charge is 0.384 e. The van der Waals surface area contributed by atoms with E-state index in [2.05, 4.69) is 4.98 Å². The highest BCUT2D eigenvalue weighted by molar-refractivity contribution is 6.30. The molecule has 0 amide bonds. The van der Waals surface area contributed by atoms with Crippen molar-refractivity contribution in [1.82, 2.24) is 4.98 Å². The third-order valence-electron chi connectivity index (χ3n) is 2.79. The van der Waals surface area contributed by atoms with Gasteiger partial charge in [-0.2, -0.15) is 0 Å². The van der Waals surface area contributed by atoms with Gasteiger partial charge >= 0.3 is 0 Å². The molecule has 1 heterocycles. The monoisotopic (exact) mass is 278 g/mol. The number of pyridine rings is 1. The summed E-state index contributed by atoms with van der Waals surface area (Å²) in [5, 5.41) is 10.8. The van der Waals surface area contributed by atoms with Crippen LogP contribution in [0.15, 0.2) is 36.5 Å². The van der Waals surface area contributed by atoms with Gasteiger partial charge < -0.3 is 15.6 Å². The van der Waals surface area contributed by atoms with E-state index in [4.69, 9.17) is 22.1 Å². The molecule has 0 aliphatic rings. The lowest BCUT2D eigenvalue weighted by Crippen LogP contribution is -2.06. The first-order valence-corrected chi connectivity index (χ1v) is 6.16. The van der Waals surface area contributed by atoms with Crippen molar-refractivity contribution in [2.75, 3.05) is 12.8 Å². The molecule has 0 saturated heterocycles. The van der Waals surface area contributed by atoms with Gasteiger partial charge in [-0.05, 0) is 17.2 Å². The number of halogens is 1. The van der Waals surface area contributed by atoms with Crippen molar-refractivity contribution in [3.63, 3.8) is 0 Å². The van der Waals surface area contributed by atoms with Crippen LogP contribution < -0.4 is 5.73 Å². The van der Waals surface area contributed by atoms with Gasteiger partial charge in [-0.3, -0.25) is 0 Å². The number of nitrogen functional groups attached to an aromatic ring is 1. The average molecular weight is 279 g/mol. The van der Waals surface area contributed by atoms with Crippen molar-refractivity contribution in [2.24, 2.45) is 0 Å². The summed E-state index contributed by atoms with van der Waals surface area (Å²) >= 11 is 5.88. The van der Waals surface area contributed by atoms with E-state index in [9.17, 15) is 5.11 Å². The minimum Gasteiger partial charge on any atom is -0.384 e. The molecule has 19 heavy (non-hydrogen) atoms. The van der Waals surface area contributed by atoms with Gasteiger partial charge in [0.1, 0.15) is 11.9 Å². The quantitative estimate of drug-likeness (QED) is 0.902. The first-order chi connectivity index (χ1) is 9.11. The lowest BCUT2D eigenvalue weighted by atomic mass is 10.0. The van der Waals surface area contributed by atoms with Crippen LogP contribution in [0.2, 0.25) is 5.02 Å². The molecule has 0 aliphatic carbocycles. The van der Waals surface area contributed by atoms with E-state index in [1.165, 1.54) is 6.20 Å². The molecule has 0 radical (unpaired) electrons. The Labute approximate surface area is 116 Å². The molecule has 3 N–H and O–H groups in total. The number of anilines is 1. The summed E-state index contributed by atoms with van der Waals surface area (Å²) < 4.78 is 5.07. The van der Waals surface area contributed by atoms with E-state index in [-0.39, 0.29) is 5.82 Å². The van der Waals surface area contributed by atoms with E-state index in [1.54, 1.807) is 13.2 Å². The minimum atomic E-state index is -0.858. The standard InChI is InChI=1S/C14H15ClN2O2/c1-19-8-9-3-2-4-10(5-9)13(18)12-6-11(15)7-17-14(12)16/h2-7,13,18H,8H2,1H3,(H2,16,17). The fourth-order valence-corrected chi connectivity index (χ4v) is 2.05. The number of aliphatic hydroxyl groups is 1. The maximum atomic E-state index is 10.4. The zero-order valence-electron chi connectivity index (χ0n) is 10.5. The molecule has 2 rings (SSSR count). The van der Waals surface area contributed by atoms with Gasteiger partial charge in [0.05, 0.1) is 11.6 Å². The second-order valence-electron chi connectivity index (χ2n) is 4.21.